The Kier molecular flexibility index (Phi) is 2.19. The van der Waals surface area contributed by atoms with Crippen molar-refractivity contribution in [3.05, 3.63) is 54.5 Å². The van der Waals surface area contributed by atoms with Crippen LogP contribution in [0.3, 0.4) is 0 Å². The van der Waals surface area contributed by atoms with Crippen molar-refractivity contribution in [2.45, 2.75) is 0 Å². The molecule has 4 heteroatoms. The topological polar surface area (TPSA) is 26.0 Å². The van der Waals surface area contributed by atoms with Gasteiger partial charge in [-0.05, 0) is 47.2 Å². The fourth-order valence-corrected chi connectivity index (χ4v) is 3.11. The van der Waals surface area contributed by atoms with Crippen LogP contribution in [-0.4, -0.2) is 4.98 Å². The average Bonchev–Trinajstić information content (AvgIpc) is 3.04. The van der Waals surface area contributed by atoms with Gasteiger partial charge in [-0.2, -0.15) is 0 Å². The molecule has 2 aromatic heterocycles. The molecule has 92 valence electrons. The van der Waals surface area contributed by atoms with E-state index in [-0.39, 0.29) is 5.82 Å². The largest absolute Gasteiger partial charge is 0.462 e. The van der Waals surface area contributed by atoms with E-state index in [1.165, 1.54) is 6.07 Å². The van der Waals surface area contributed by atoms with Crippen LogP contribution in [0.25, 0.3) is 31.8 Å². The molecule has 0 radical (unpaired) electrons. The van der Waals surface area contributed by atoms with E-state index in [0.717, 1.165) is 31.8 Å². The number of nitrogens with zero attached hydrogens (tertiary/aromatic N) is 1. The molecule has 0 spiro atoms. The Labute approximate surface area is 112 Å². The molecule has 4 aromatic rings. The van der Waals surface area contributed by atoms with Crippen LogP contribution in [0, 0.1) is 5.82 Å². The number of furan rings is 1. The lowest BCUT2D eigenvalue weighted by Gasteiger charge is -1.97. The Morgan fingerprint density at radius 1 is 1.05 bits per heavy atom. The Hall–Kier alpha value is -2.20. The predicted molar refractivity (Wildman–Crippen MR) is 74.8 cm³/mol. The molecular formula is C15H8FNOS. The van der Waals surface area contributed by atoms with Crippen LogP contribution in [0.1, 0.15) is 0 Å². The minimum Gasteiger partial charge on any atom is -0.462 e. The maximum Gasteiger partial charge on any atom is 0.162 e. The van der Waals surface area contributed by atoms with Crippen molar-refractivity contribution in [2.75, 3.05) is 0 Å². The third-order valence-electron chi connectivity index (χ3n) is 3.04. The number of thiazole rings is 1. The van der Waals surface area contributed by atoms with Gasteiger partial charge in [0.1, 0.15) is 5.82 Å². The van der Waals surface area contributed by atoms with Gasteiger partial charge in [0, 0.05) is 0 Å². The number of hydrogen-bond acceptors (Lipinski definition) is 3. The quantitative estimate of drug-likeness (QED) is 0.493. The highest BCUT2D eigenvalue weighted by molar-refractivity contribution is 7.21. The summed E-state index contributed by atoms with van der Waals surface area (Å²) < 4.78 is 19.6. The molecule has 4 rings (SSSR count). The lowest BCUT2D eigenvalue weighted by Crippen LogP contribution is -1.77. The van der Waals surface area contributed by atoms with Gasteiger partial charge in [-0.25, -0.2) is 9.37 Å². The van der Waals surface area contributed by atoms with Crippen LogP contribution in [0.15, 0.2) is 53.1 Å². The first-order valence-corrected chi connectivity index (χ1v) is 6.65. The van der Waals surface area contributed by atoms with E-state index in [0.29, 0.717) is 0 Å². The fourth-order valence-electron chi connectivity index (χ4n) is 2.15. The first-order chi connectivity index (χ1) is 9.29. The summed E-state index contributed by atoms with van der Waals surface area (Å²) in [5, 5.41) is 2.73. The van der Waals surface area contributed by atoms with Crippen LogP contribution >= 0.6 is 11.3 Å². The summed E-state index contributed by atoms with van der Waals surface area (Å²) in [7, 11) is 0. The Balaban J connectivity index is 2.00. The molecule has 2 aromatic carbocycles. The van der Waals surface area contributed by atoms with E-state index >= 15 is 0 Å². The molecule has 0 aliphatic carbocycles. The summed E-state index contributed by atoms with van der Waals surface area (Å²) in [6.45, 7) is 0. The van der Waals surface area contributed by atoms with Gasteiger partial charge < -0.3 is 4.42 Å². The zero-order chi connectivity index (χ0) is 12.8. The van der Waals surface area contributed by atoms with Crippen LogP contribution < -0.4 is 0 Å². The van der Waals surface area contributed by atoms with E-state index in [9.17, 15) is 4.39 Å². The summed E-state index contributed by atoms with van der Waals surface area (Å²) in [5.41, 5.74) is 0.913. The molecule has 0 unspecified atom stereocenters. The normalized spacial score (nSPS) is 11.4. The molecule has 0 saturated heterocycles. The SMILES string of the molecule is Fc1ccc2cc3nc(-c4ccco4)sc3cc2c1. The zero-order valence-corrected chi connectivity index (χ0v) is 10.6. The van der Waals surface area contributed by atoms with Crippen molar-refractivity contribution in [3.8, 4) is 10.8 Å². The monoisotopic (exact) mass is 269 g/mol. The summed E-state index contributed by atoms with van der Waals surface area (Å²) in [5.74, 6) is 0.541. The molecule has 0 aliphatic heterocycles. The summed E-state index contributed by atoms with van der Waals surface area (Å²) in [6, 6.07) is 12.5. The Morgan fingerprint density at radius 3 is 2.84 bits per heavy atom. The number of benzene rings is 2. The van der Waals surface area contributed by atoms with Gasteiger partial charge >= 0.3 is 0 Å². The summed E-state index contributed by atoms with van der Waals surface area (Å²) in [4.78, 5) is 4.56. The van der Waals surface area contributed by atoms with Crippen LogP contribution in [0.5, 0.6) is 0 Å². The van der Waals surface area contributed by atoms with Crippen molar-refractivity contribution in [1.82, 2.24) is 4.98 Å². The second-order valence-corrected chi connectivity index (χ2v) is 5.34. The number of aromatic nitrogens is 1. The number of rotatable bonds is 1. The molecule has 2 heterocycles. The van der Waals surface area contributed by atoms with E-state index in [4.69, 9.17) is 4.42 Å². The van der Waals surface area contributed by atoms with E-state index < -0.39 is 0 Å². The van der Waals surface area contributed by atoms with E-state index in [1.807, 2.05) is 24.3 Å². The first-order valence-electron chi connectivity index (χ1n) is 5.83. The highest BCUT2D eigenvalue weighted by atomic mass is 32.1. The second kappa shape index (κ2) is 3.90. The van der Waals surface area contributed by atoms with Crippen molar-refractivity contribution >= 4 is 32.3 Å². The first kappa shape index (κ1) is 10.7. The van der Waals surface area contributed by atoms with Crippen molar-refractivity contribution in [2.24, 2.45) is 0 Å². The van der Waals surface area contributed by atoms with Gasteiger partial charge in [-0.1, -0.05) is 6.07 Å². The van der Waals surface area contributed by atoms with Gasteiger partial charge in [0.15, 0.2) is 10.8 Å². The second-order valence-electron chi connectivity index (χ2n) is 4.31. The highest BCUT2D eigenvalue weighted by Gasteiger charge is 2.09. The minimum absolute atomic E-state index is 0.220. The van der Waals surface area contributed by atoms with E-state index in [1.54, 1.807) is 29.7 Å². The van der Waals surface area contributed by atoms with Crippen LogP contribution in [0.4, 0.5) is 4.39 Å². The van der Waals surface area contributed by atoms with Gasteiger partial charge in [-0.3, -0.25) is 0 Å². The minimum atomic E-state index is -0.220. The fraction of sp³-hybridized carbons (Fsp3) is 0. The van der Waals surface area contributed by atoms with Gasteiger partial charge in [0.2, 0.25) is 0 Å². The highest BCUT2D eigenvalue weighted by Crippen LogP contribution is 2.33. The molecule has 19 heavy (non-hydrogen) atoms. The lowest BCUT2D eigenvalue weighted by atomic mass is 10.1. The van der Waals surface area contributed by atoms with Crippen LogP contribution in [0.2, 0.25) is 0 Å². The molecular weight excluding hydrogens is 261 g/mol. The lowest BCUT2D eigenvalue weighted by molar-refractivity contribution is 0.582. The maximum atomic E-state index is 13.2. The number of fused-ring (bicyclic) bond motifs is 2. The Bertz CT molecular complexity index is 880. The van der Waals surface area contributed by atoms with Crippen molar-refractivity contribution < 1.29 is 8.81 Å². The van der Waals surface area contributed by atoms with Crippen LogP contribution in [-0.2, 0) is 0 Å². The summed E-state index contributed by atoms with van der Waals surface area (Å²) >= 11 is 1.55. The smallest absolute Gasteiger partial charge is 0.162 e. The molecule has 0 atom stereocenters. The molecule has 2 nitrogen and oxygen atoms in total. The standard InChI is InChI=1S/C15H8FNOS/c16-11-4-3-9-7-12-14(8-10(9)6-11)19-15(17-12)13-2-1-5-18-13/h1-8H. The van der Waals surface area contributed by atoms with Gasteiger partial charge in [0.25, 0.3) is 0 Å². The molecule has 0 fully saturated rings. The molecule has 0 saturated carbocycles. The van der Waals surface area contributed by atoms with E-state index in [2.05, 4.69) is 4.98 Å². The predicted octanol–water partition coefficient (Wildman–Crippen LogP) is 4.85. The maximum absolute atomic E-state index is 13.2. The average molecular weight is 269 g/mol. The number of hydrogen-bond donors (Lipinski definition) is 0. The zero-order valence-electron chi connectivity index (χ0n) is 9.76. The molecule has 0 aliphatic rings. The molecule has 0 N–H and O–H groups in total. The number of halogens is 1. The molecule has 0 amide bonds. The van der Waals surface area contributed by atoms with Gasteiger partial charge in [0.05, 0.1) is 16.5 Å². The molecule has 0 bridgehead atoms. The Morgan fingerprint density at radius 2 is 2.00 bits per heavy atom. The third-order valence-corrected chi connectivity index (χ3v) is 4.07. The summed E-state index contributed by atoms with van der Waals surface area (Å²) in [6.07, 6.45) is 1.63. The van der Waals surface area contributed by atoms with Crippen molar-refractivity contribution in [1.29, 1.82) is 0 Å². The third kappa shape index (κ3) is 1.72. The van der Waals surface area contributed by atoms with Gasteiger partial charge in [-0.15, -0.1) is 11.3 Å². The van der Waals surface area contributed by atoms with Crippen molar-refractivity contribution in [3.63, 3.8) is 0 Å².